The molecule has 16 rings (SSSR count). The van der Waals surface area contributed by atoms with Crippen LogP contribution in [0.4, 0.5) is 14.7 Å². The first kappa shape index (κ1) is 106. The van der Waals surface area contributed by atoms with Crippen molar-refractivity contribution in [1.82, 2.24) is 55.6 Å². The number of halogens is 2. The number of H-pyrrole nitrogens is 1. The molecule has 4 amide bonds. The molecule has 9 aromatic rings. The Morgan fingerprint density at radius 1 is 0.398 bits per heavy atom. The lowest BCUT2D eigenvalue weighted by atomic mass is 9.90. The molecule has 0 radical (unpaired) electrons. The van der Waals surface area contributed by atoms with Gasteiger partial charge in [-0.3, -0.25) is 48.6 Å². The highest BCUT2D eigenvalue weighted by atomic mass is 19.1. The number of hydrogen-bond donors (Lipinski definition) is 5. The largest absolute Gasteiger partial charge is 0.379 e. The first-order valence-electron chi connectivity index (χ1n) is 48.6. The smallest absolute Gasteiger partial charge is 0.258 e. The van der Waals surface area contributed by atoms with Crippen molar-refractivity contribution in [3.63, 3.8) is 0 Å². The van der Waals surface area contributed by atoms with Crippen LogP contribution in [0.15, 0.2) is 188 Å². The van der Waals surface area contributed by atoms with E-state index in [-0.39, 0.29) is 64.0 Å². The number of anilines is 1. The molecule has 23 heteroatoms. The summed E-state index contributed by atoms with van der Waals surface area (Å²) < 4.78 is 32.5. The van der Waals surface area contributed by atoms with Gasteiger partial charge in [0.15, 0.2) is 23.1 Å². The summed E-state index contributed by atoms with van der Waals surface area (Å²) >= 11 is 0. The molecule has 7 aliphatic rings. The van der Waals surface area contributed by atoms with Gasteiger partial charge in [-0.25, -0.2) is 13.9 Å². The number of carbonyl (C=O) groups excluding carboxylic acids is 8. The van der Waals surface area contributed by atoms with E-state index in [0.29, 0.717) is 60.5 Å². The summed E-state index contributed by atoms with van der Waals surface area (Å²) in [7, 11) is 1.63. The molecular formula is C110H146F2N12O9. The number of rotatable bonds is 26. The number of ketones is 4. The van der Waals surface area contributed by atoms with Crippen LogP contribution in [0.2, 0.25) is 0 Å². The number of aromatic amines is 1. The molecule has 6 aliphatic heterocycles. The summed E-state index contributed by atoms with van der Waals surface area (Å²) in [5.41, 5.74) is 13.8. The zero-order valence-electron chi connectivity index (χ0n) is 80.5. The predicted octanol–water partition coefficient (Wildman–Crippen LogP) is 20.1. The summed E-state index contributed by atoms with van der Waals surface area (Å²) in [6.07, 6.45) is 25.9. The van der Waals surface area contributed by atoms with Crippen LogP contribution < -0.4 is 21.3 Å². The molecule has 0 unspecified atom stereocenters. The Balaban J connectivity index is 0.000000172. The first-order valence-corrected chi connectivity index (χ1v) is 48.6. The predicted molar refractivity (Wildman–Crippen MR) is 530 cm³/mol. The number of amides is 4. The zero-order chi connectivity index (χ0) is 95.1. The lowest BCUT2D eigenvalue weighted by Crippen LogP contribution is -2.42. The number of benzene rings is 8. The molecule has 5 N–H and O–H groups in total. The van der Waals surface area contributed by atoms with Crippen molar-refractivity contribution < 1.29 is 51.9 Å². The second kappa shape index (κ2) is 58.3. The second-order valence-corrected chi connectivity index (χ2v) is 36.5. The first-order chi connectivity index (χ1) is 64.3. The van der Waals surface area contributed by atoms with Gasteiger partial charge in [0, 0.05) is 104 Å². The van der Waals surface area contributed by atoms with Gasteiger partial charge in [-0.1, -0.05) is 180 Å². The molecular weight excluding hydrogens is 1670 g/mol. The van der Waals surface area contributed by atoms with E-state index in [9.17, 15) is 47.1 Å². The average molecular weight is 1820 g/mol. The van der Waals surface area contributed by atoms with Crippen LogP contribution in [0.5, 0.6) is 0 Å². The van der Waals surface area contributed by atoms with Gasteiger partial charge in [-0.2, -0.15) is 10.1 Å². The maximum absolute atomic E-state index is 13.6. The molecule has 0 spiro atoms. The summed E-state index contributed by atoms with van der Waals surface area (Å²) in [5.74, 6) is 0.561. The fraction of sp³-hybridized carbons (Fsp3) is 0.473. The van der Waals surface area contributed by atoms with Gasteiger partial charge in [0.1, 0.15) is 18.0 Å². The van der Waals surface area contributed by atoms with E-state index >= 15 is 0 Å². The number of aryl methyl sites for hydroxylation is 8. The van der Waals surface area contributed by atoms with Gasteiger partial charge in [-0.15, -0.1) is 0 Å². The number of likely N-dealkylation sites (tertiary alicyclic amines) is 4. The van der Waals surface area contributed by atoms with Crippen LogP contribution in [0.25, 0.3) is 0 Å². The normalized spacial score (nSPS) is 16.4. The molecule has 7 fully saturated rings. The van der Waals surface area contributed by atoms with Crippen molar-refractivity contribution in [2.75, 3.05) is 124 Å². The van der Waals surface area contributed by atoms with Crippen LogP contribution in [-0.4, -0.2) is 217 Å². The molecule has 21 nitrogen and oxygen atoms in total. The Morgan fingerprint density at radius 2 is 0.827 bits per heavy atom. The molecule has 1 aromatic heterocycles. The number of nitrogens with one attached hydrogen (secondary N) is 5. The summed E-state index contributed by atoms with van der Waals surface area (Å²) in [6, 6.07) is 56.6. The maximum Gasteiger partial charge on any atom is 0.258 e. The lowest BCUT2D eigenvalue weighted by Gasteiger charge is -2.28. The fourth-order valence-corrected chi connectivity index (χ4v) is 17.2. The number of hydrogen-bond acceptors (Lipinski definition) is 16. The quantitative estimate of drug-likeness (QED) is 0.0316. The molecule has 1 aliphatic carbocycles. The summed E-state index contributed by atoms with van der Waals surface area (Å²) in [6.45, 7) is 33.7. The number of Topliss-reactive ketones (excluding diaryl/α,β-unsaturated/α-hetero) is 4. The molecule has 1 atom stereocenters. The SMILES string of the molecule is CNC(=O)c1cccc(C)c1.Cc1ccc(C(=O)CC2CCNCC2)cc1.Cc1ccc(C(=O)CCCN2CCCC2)c(F)c1.Cc1ccc(C(=O)CCCN2CCCCC2)cc1.Cc1ccc(C(=O)CCCN2CCOCC2)cc1.Cc1ccc(C(=O)N2CCC[C@H]2CN2CCCC2)cc1.Cc1ccc(C(=O)NC2CCCCC2)c(F)c1.Cc1ccc(C(=O)Nc2ncn[nH]2)cc1. The Hall–Kier alpha value is -10.9. The average Bonchev–Trinajstić information content (AvgIpc) is 1.70. The van der Waals surface area contributed by atoms with Gasteiger partial charge in [0.25, 0.3) is 23.6 Å². The number of carbonyl (C=O) groups is 8. The monoisotopic (exact) mass is 1820 g/mol. The maximum atomic E-state index is 13.6. The van der Waals surface area contributed by atoms with Crippen LogP contribution in [0, 0.1) is 72.9 Å². The lowest BCUT2D eigenvalue weighted by molar-refractivity contribution is 0.0371. The minimum absolute atomic E-state index is 0.0336. The van der Waals surface area contributed by atoms with Crippen LogP contribution in [0.1, 0.15) is 275 Å². The number of morpholine rings is 1. The third-order valence-corrected chi connectivity index (χ3v) is 25.2. The van der Waals surface area contributed by atoms with Crippen molar-refractivity contribution in [3.8, 4) is 0 Å². The van der Waals surface area contributed by atoms with E-state index in [2.05, 4.69) is 67.9 Å². The highest BCUT2D eigenvalue weighted by molar-refractivity contribution is 6.03. The highest BCUT2D eigenvalue weighted by Crippen LogP contribution is 2.26. The molecule has 133 heavy (non-hydrogen) atoms. The van der Waals surface area contributed by atoms with Gasteiger partial charge in [0.05, 0.1) is 24.3 Å². The molecule has 8 aromatic carbocycles. The standard InChI is InChI=1S/C17H24N2O.C16H23NO.C15H20FNO.C15H21NO2.C14H18FNO.C14H19NO.C10H10N4O.C9H11NO/c1-14-6-8-15(9-7-14)17(20)19-12-4-5-16(19)13-18-10-2-3-11-18;1-14-7-9-15(10-8-14)16(18)6-5-13-17-11-3-2-4-12-17;1-12-6-7-13(14(16)11-12)15(18)5-4-10-17-8-2-3-9-17;1-13-4-6-14(7-5-13)15(17)3-2-8-16-9-11-18-12-10-16;1-10-7-8-12(13(15)9-10)14(17)16-11-5-3-2-4-6-11;1-11-2-4-13(5-3-11)14(16)10-12-6-8-15-9-7-12;1-7-2-4-8(5-3-7)9(15)13-10-11-6-12-14-10;1-7-4-3-5-8(6-7)9(11)10-2/h6-9,16H,2-5,10-13H2,1H3;7-10H,2-6,11-13H2,1H3;6-7,11H,2-5,8-10H2,1H3;4-7H,2-3,8-12H2,1H3;7-9,11H,2-6H2,1H3,(H,16,17);2-5,12,15H,6-10H2,1H3;2-6H,1H3,(H2,11,12,13,14,15);3-6H,1-2H3,(H,10,11)/t16-;;;;;;;/m0......./s1. The molecule has 6 saturated heterocycles. The Labute approximate surface area is 789 Å². The van der Waals surface area contributed by atoms with Gasteiger partial charge in [0.2, 0.25) is 5.95 Å². The summed E-state index contributed by atoms with van der Waals surface area (Å²) in [5, 5.41) is 17.6. The van der Waals surface area contributed by atoms with Crippen molar-refractivity contribution in [2.24, 2.45) is 5.92 Å². The molecule has 0 bridgehead atoms. The van der Waals surface area contributed by atoms with E-state index in [0.717, 1.165) is 200 Å². The van der Waals surface area contributed by atoms with E-state index in [1.165, 1.54) is 118 Å². The van der Waals surface area contributed by atoms with Crippen molar-refractivity contribution >= 4 is 52.7 Å². The minimum Gasteiger partial charge on any atom is -0.379 e. The van der Waals surface area contributed by atoms with Gasteiger partial charge < -0.3 is 40.3 Å². The fourth-order valence-electron chi connectivity index (χ4n) is 17.2. The topological polar surface area (TPSA) is 252 Å². The van der Waals surface area contributed by atoms with Crippen molar-refractivity contribution in [3.05, 3.63) is 289 Å². The second-order valence-electron chi connectivity index (χ2n) is 36.5. The van der Waals surface area contributed by atoms with Crippen LogP contribution in [-0.2, 0) is 4.74 Å². The zero-order valence-corrected chi connectivity index (χ0v) is 80.5. The molecule has 1 saturated carbocycles. The van der Waals surface area contributed by atoms with E-state index in [4.69, 9.17) is 4.74 Å². The Morgan fingerprint density at radius 3 is 1.30 bits per heavy atom. The molecule has 714 valence electrons. The van der Waals surface area contributed by atoms with E-state index in [1.807, 2.05) is 176 Å². The van der Waals surface area contributed by atoms with Crippen molar-refractivity contribution in [1.29, 1.82) is 0 Å². The number of ether oxygens (including phenoxy) is 1. The number of aromatic nitrogens is 3. The number of nitrogens with zero attached hydrogens (tertiary/aromatic N) is 7. The van der Waals surface area contributed by atoms with Gasteiger partial charge in [-0.05, 0) is 301 Å². The van der Waals surface area contributed by atoms with Crippen molar-refractivity contribution in [2.45, 2.75) is 215 Å². The number of piperidine rings is 2. The van der Waals surface area contributed by atoms with Crippen LogP contribution in [0.3, 0.4) is 0 Å². The summed E-state index contributed by atoms with van der Waals surface area (Å²) in [4.78, 5) is 111. The minimum atomic E-state index is -0.432. The Bertz CT molecular complexity index is 4920. The Kier molecular flexibility index (Phi) is 46.3. The third-order valence-electron chi connectivity index (χ3n) is 25.2. The third kappa shape index (κ3) is 38.9. The van der Waals surface area contributed by atoms with E-state index in [1.54, 1.807) is 49.5 Å². The molecule has 7 heterocycles. The van der Waals surface area contributed by atoms with E-state index < -0.39 is 5.82 Å². The highest BCUT2D eigenvalue weighted by Gasteiger charge is 2.32. The van der Waals surface area contributed by atoms with Gasteiger partial charge >= 0.3 is 0 Å². The van der Waals surface area contributed by atoms with Crippen LogP contribution >= 0.6 is 0 Å².